The molecule has 0 atom stereocenters. The molecule has 0 aromatic heterocycles. The molecule has 0 heterocycles. The van der Waals surface area contributed by atoms with E-state index in [0.717, 1.165) is 0 Å². The molecule has 0 unspecified atom stereocenters. The van der Waals surface area contributed by atoms with Gasteiger partial charge in [0, 0.05) is 5.56 Å². The van der Waals surface area contributed by atoms with E-state index in [1.807, 2.05) is 0 Å². The van der Waals surface area contributed by atoms with Crippen LogP contribution in [0.1, 0.15) is 10.4 Å². The molecule has 78 valence electrons. The van der Waals surface area contributed by atoms with Gasteiger partial charge < -0.3 is 5.32 Å². The van der Waals surface area contributed by atoms with Gasteiger partial charge in [-0.15, -0.1) is 0 Å². The molecule has 1 rings (SSSR count). The molecule has 5 heteroatoms. The van der Waals surface area contributed by atoms with E-state index in [2.05, 4.69) is 5.32 Å². The number of carbonyl (C=O) groups is 1. The summed E-state index contributed by atoms with van der Waals surface area (Å²) < 4.78 is 0. The SMILES string of the molecule is N#CC(C#N)C(=S)NC(=O)c1ccccc1. The average molecular weight is 229 g/mol. The summed E-state index contributed by atoms with van der Waals surface area (Å²) in [6, 6.07) is 11.8. The van der Waals surface area contributed by atoms with E-state index < -0.39 is 11.8 Å². The van der Waals surface area contributed by atoms with Crippen LogP contribution in [0.3, 0.4) is 0 Å². The molecule has 1 N–H and O–H groups in total. The highest BCUT2D eigenvalue weighted by Gasteiger charge is 2.15. The second-order valence-corrected chi connectivity index (χ2v) is 3.32. The van der Waals surface area contributed by atoms with Crippen LogP contribution in [-0.2, 0) is 0 Å². The minimum Gasteiger partial charge on any atom is -0.314 e. The fourth-order valence-corrected chi connectivity index (χ4v) is 1.19. The third-order valence-electron chi connectivity index (χ3n) is 1.79. The molecule has 1 amide bonds. The van der Waals surface area contributed by atoms with Crippen LogP contribution in [0.5, 0.6) is 0 Å². The molecule has 0 bridgehead atoms. The number of nitrogens with one attached hydrogen (secondary N) is 1. The first-order valence-corrected chi connectivity index (χ1v) is 4.79. The van der Waals surface area contributed by atoms with Gasteiger partial charge in [0.1, 0.15) is 4.99 Å². The summed E-state index contributed by atoms with van der Waals surface area (Å²) in [7, 11) is 0. The molecule has 4 nitrogen and oxygen atoms in total. The lowest BCUT2D eigenvalue weighted by atomic mass is 10.1. The van der Waals surface area contributed by atoms with Gasteiger partial charge in [0.15, 0.2) is 5.92 Å². The van der Waals surface area contributed by atoms with Gasteiger partial charge in [-0.25, -0.2) is 0 Å². The molecule has 0 fully saturated rings. The average Bonchev–Trinajstić information content (AvgIpc) is 2.31. The van der Waals surface area contributed by atoms with Gasteiger partial charge >= 0.3 is 0 Å². The van der Waals surface area contributed by atoms with Crippen molar-refractivity contribution in [1.82, 2.24) is 5.32 Å². The lowest BCUT2D eigenvalue weighted by Gasteiger charge is -2.05. The van der Waals surface area contributed by atoms with Crippen molar-refractivity contribution in [2.24, 2.45) is 5.92 Å². The molecule has 1 aromatic carbocycles. The van der Waals surface area contributed by atoms with Gasteiger partial charge in [-0.3, -0.25) is 4.79 Å². The van der Waals surface area contributed by atoms with Gasteiger partial charge in [0.25, 0.3) is 5.91 Å². The van der Waals surface area contributed by atoms with Crippen molar-refractivity contribution in [2.45, 2.75) is 0 Å². The summed E-state index contributed by atoms with van der Waals surface area (Å²) >= 11 is 4.77. The Morgan fingerprint density at radius 1 is 1.25 bits per heavy atom. The Morgan fingerprint density at radius 3 is 2.31 bits per heavy atom. The topological polar surface area (TPSA) is 76.7 Å². The van der Waals surface area contributed by atoms with E-state index in [9.17, 15) is 4.79 Å². The molecule has 0 aliphatic rings. The number of thiocarbonyl (C=S) groups is 1. The van der Waals surface area contributed by atoms with Crippen LogP contribution < -0.4 is 5.32 Å². The number of rotatable bonds is 2. The molecule has 16 heavy (non-hydrogen) atoms. The van der Waals surface area contributed by atoms with Crippen LogP contribution in [-0.4, -0.2) is 10.9 Å². The first kappa shape index (κ1) is 11.8. The Morgan fingerprint density at radius 2 is 1.81 bits per heavy atom. The first-order chi connectivity index (χ1) is 7.69. The fraction of sp³-hybridized carbons (Fsp3) is 0.0909. The number of carbonyl (C=O) groups excluding carboxylic acids is 1. The zero-order chi connectivity index (χ0) is 12.0. The summed E-state index contributed by atoms with van der Waals surface area (Å²) in [5, 5.41) is 19.5. The lowest BCUT2D eigenvalue weighted by Crippen LogP contribution is -2.33. The molecule has 0 aliphatic carbocycles. The molecule has 1 aromatic rings. The van der Waals surface area contributed by atoms with Crippen molar-refractivity contribution in [3.8, 4) is 12.1 Å². The van der Waals surface area contributed by atoms with Crippen molar-refractivity contribution in [1.29, 1.82) is 10.5 Å². The number of nitriles is 2. The summed E-state index contributed by atoms with van der Waals surface area (Å²) in [4.78, 5) is 11.5. The fourth-order valence-electron chi connectivity index (χ4n) is 0.992. The van der Waals surface area contributed by atoms with Crippen LogP contribution in [0, 0.1) is 28.6 Å². The summed E-state index contributed by atoms with van der Waals surface area (Å²) in [6.07, 6.45) is 0. The minimum atomic E-state index is -1.09. The largest absolute Gasteiger partial charge is 0.314 e. The van der Waals surface area contributed by atoms with Crippen LogP contribution in [0.15, 0.2) is 30.3 Å². The summed E-state index contributed by atoms with van der Waals surface area (Å²) in [5.74, 6) is -1.51. The third kappa shape index (κ3) is 2.88. The number of amides is 1. The van der Waals surface area contributed by atoms with Gasteiger partial charge in [-0.2, -0.15) is 10.5 Å². The number of nitrogens with zero attached hydrogens (tertiary/aromatic N) is 2. The molecule has 0 aliphatic heterocycles. The van der Waals surface area contributed by atoms with Crippen LogP contribution in [0.4, 0.5) is 0 Å². The van der Waals surface area contributed by atoms with Crippen molar-refractivity contribution in [2.75, 3.05) is 0 Å². The normalized spacial score (nSPS) is 8.94. The molecule has 0 radical (unpaired) electrons. The first-order valence-electron chi connectivity index (χ1n) is 4.38. The highest BCUT2D eigenvalue weighted by atomic mass is 32.1. The molecular weight excluding hydrogens is 222 g/mol. The maximum atomic E-state index is 11.6. The van der Waals surface area contributed by atoms with E-state index in [1.165, 1.54) is 0 Å². The Kier molecular flexibility index (Phi) is 4.14. The number of benzene rings is 1. The Labute approximate surface area is 98.1 Å². The summed E-state index contributed by atoms with van der Waals surface area (Å²) in [6.45, 7) is 0. The summed E-state index contributed by atoms with van der Waals surface area (Å²) in [5.41, 5.74) is 0.430. The highest BCUT2D eigenvalue weighted by Crippen LogP contribution is 2.00. The molecule has 0 saturated carbocycles. The van der Waals surface area contributed by atoms with Crippen molar-refractivity contribution >= 4 is 23.1 Å². The van der Waals surface area contributed by atoms with Crippen molar-refractivity contribution < 1.29 is 4.79 Å². The van der Waals surface area contributed by atoms with E-state index >= 15 is 0 Å². The van der Waals surface area contributed by atoms with Crippen LogP contribution in [0.2, 0.25) is 0 Å². The number of hydrogen-bond donors (Lipinski definition) is 1. The second-order valence-electron chi connectivity index (χ2n) is 2.88. The van der Waals surface area contributed by atoms with Gasteiger partial charge in [0.2, 0.25) is 0 Å². The smallest absolute Gasteiger partial charge is 0.256 e. The van der Waals surface area contributed by atoms with Gasteiger partial charge in [0.05, 0.1) is 12.1 Å². The predicted octanol–water partition coefficient (Wildman–Crippen LogP) is 1.41. The van der Waals surface area contributed by atoms with Crippen LogP contribution in [0.25, 0.3) is 0 Å². The molecule has 0 saturated heterocycles. The van der Waals surface area contributed by atoms with E-state index in [1.54, 1.807) is 42.5 Å². The monoisotopic (exact) mass is 229 g/mol. The Balaban J connectivity index is 2.71. The maximum Gasteiger partial charge on any atom is 0.256 e. The maximum absolute atomic E-state index is 11.6. The quantitative estimate of drug-likeness (QED) is 0.778. The molecular formula is C11H7N3OS. The second kappa shape index (κ2) is 5.59. The number of hydrogen-bond acceptors (Lipinski definition) is 4. The van der Waals surface area contributed by atoms with Crippen molar-refractivity contribution in [3.63, 3.8) is 0 Å². The minimum absolute atomic E-state index is 0.0705. The third-order valence-corrected chi connectivity index (χ3v) is 2.13. The van der Waals surface area contributed by atoms with Gasteiger partial charge in [-0.1, -0.05) is 30.4 Å². The zero-order valence-electron chi connectivity index (χ0n) is 8.18. The van der Waals surface area contributed by atoms with E-state index in [-0.39, 0.29) is 4.99 Å². The highest BCUT2D eigenvalue weighted by molar-refractivity contribution is 7.80. The van der Waals surface area contributed by atoms with E-state index in [4.69, 9.17) is 22.7 Å². The predicted molar refractivity (Wildman–Crippen MR) is 61.2 cm³/mol. The lowest BCUT2D eigenvalue weighted by molar-refractivity contribution is 0.0977. The van der Waals surface area contributed by atoms with Crippen LogP contribution >= 0.6 is 12.2 Å². The standard InChI is InChI=1S/C11H7N3OS/c12-6-9(7-13)11(16)14-10(15)8-4-2-1-3-5-8/h1-5,9H,(H,14,15,16). The molecule has 0 spiro atoms. The van der Waals surface area contributed by atoms with Gasteiger partial charge in [-0.05, 0) is 12.1 Å². The Hall–Kier alpha value is -2.24. The van der Waals surface area contributed by atoms with Crippen molar-refractivity contribution in [3.05, 3.63) is 35.9 Å². The van der Waals surface area contributed by atoms with E-state index in [0.29, 0.717) is 5.56 Å². The Bertz CT molecular complexity index is 470. The zero-order valence-corrected chi connectivity index (χ0v) is 8.99.